The molecule has 0 spiro atoms. The van der Waals surface area contributed by atoms with E-state index in [0.717, 1.165) is 30.2 Å². The third-order valence-corrected chi connectivity index (χ3v) is 2.77. The molecule has 0 bridgehead atoms. The van der Waals surface area contributed by atoms with Crippen LogP contribution in [0, 0.1) is 0 Å². The topological polar surface area (TPSA) is 21.7 Å². The lowest BCUT2D eigenvalue weighted by atomic mass is 10.2. The van der Waals surface area contributed by atoms with Crippen LogP contribution in [0.5, 0.6) is 11.5 Å². The molecule has 3 nitrogen and oxygen atoms in total. The third-order valence-electron chi connectivity index (χ3n) is 2.77. The van der Waals surface area contributed by atoms with Crippen LogP contribution >= 0.6 is 0 Å². The molecule has 0 amide bonds. The van der Waals surface area contributed by atoms with E-state index in [1.165, 1.54) is 0 Å². The Kier molecular flexibility index (Phi) is 3.22. The first kappa shape index (κ1) is 11.1. The number of benzene rings is 1. The summed E-state index contributed by atoms with van der Waals surface area (Å²) in [5, 5.41) is 0. The molecule has 0 aromatic heterocycles. The minimum absolute atomic E-state index is 0.338. The van der Waals surface area contributed by atoms with E-state index in [1.54, 1.807) is 0 Å². The second-order valence-electron chi connectivity index (χ2n) is 4.30. The first-order chi connectivity index (χ1) is 7.74. The average Bonchev–Trinajstić information content (AvgIpc) is 2.73. The smallest absolute Gasteiger partial charge is 0.231 e. The summed E-state index contributed by atoms with van der Waals surface area (Å²) in [6.07, 6.45) is 1.13. The molecule has 0 unspecified atom stereocenters. The van der Waals surface area contributed by atoms with Crippen molar-refractivity contribution in [1.82, 2.24) is 0 Å². The van der Waals surface area contributed by atoms with E-state index in [1.807, 2.05) is 12.1 Å². The van der Waals surface area contributed by atoms with Crippen molar-refractivity contribution in [3.63, 3.8) is 0 Å². The van der Waals surface area contributed by atoms with Gasteiger partial charge in [-0.25, -0.2) is 0 Å². The van der Waals surface area contributed by atoms with Gasteiger partial charge >= 0.3 is 0 Å². The highest BCUT2D eigenvalue weighted by Gasteiger charge is 2.22. The van der Waals surface area contributed by atoms with Gasteiger partial charge in [0.15, 0.2) is 11.5 Å². The quantitative estimate of drug-likeness (QED) is 0.780. The fourth-order valence-electron chi connectivity index (χ4n) is 2.04. The third kappa shape index (κ3) is 1.94. The van der Waals surface area contributed by atoms with Crippen LogP contribution in [0.3, 0.4) is 0 Å². The van der Waals surface area contributed by atoms with E-state index >= 15 is 0 Å². The van der Waals surface area contributed by atoms with Gasteiger partial charge in [0.25, 0.3) is 0 Å². The van der Waals surface area contributed by atoms with Gasteiger partial charge in [0.05, 0.1) is 5.69 Å². The summed E-state index contributed by atoms with van der Waals surface area (Å²) in [4.78, 5) is 2.35. The van der Waals surface area contributed by atoms with Crippen LogP contribution < -0.4 is 14.4 Å². The molecule has 1 aliphatic heterocycles. The number of nitrogens with zero attached hydrogens (tertiary/aromatic N) is 1. The van der Waals surface area contributed by atoms with E-state index < -0.39 is 0 Å². The SMILES string of the molecule is CCCN(c1cccc2c1OCO2)C(C)C. The number of hydrogen-bond donors (Lipinski definition) is 0. The molecule has 0 N–H and O–H groups in total. The Morgan fingerprint density at radius 1 is 1.31 bits per heavy atom. The average molecular weight is 221 g/mol. The lowest BCUT2D eigenvalue weighted by Gasteiger charge is -2.29. The summed E-state index contributed by atoms with van der Waals surface area (Å²) in [5.41, 5.74) is 1.15. The molecule has 1 aliphatic rings. The van der Waals surface area contributed by atoms with E-state index in [0.29, 0.717) is 12.8 Å². The maximum absolute atomic E-state index is 5.54. The Morgan fingerprint density at radius 2 is 2.12 bits per heavy atom. The Hall–Kier alpha value is -1.38. The summed E-state index contributed by atoms with van der Waals surface area (Å²) in [6, 6.07) is 6.54. The van der Waals surface area contributed by atoms with Crippen LogP contribution in [0.4, 0.5) is 5.69 Å². The highest BCUT2D eigenvalue weighted by molar-refractivity contribution is 5.66. The normalized spacial score (nSPS) is 13.2. The molecule has 0 atom stereocenters. The molecule has 1 heterocycles. The number of ether oxygens (including phenoxy) is 2. The van der Waals surface area contributed by atoms with Gasteiger partial charge in [-0.15, -0.1) is 0 Å². The molecule has 1 aromatic carbocycles. The van der Waals surface area contributed by atoms with Gasteiger partial charge in [-0.3, -0.25) is 0 Å². The van der Waals surface area contributed by atoms with Gasteiger partial charge in [-0.1, -0.05) is 13.0 Å². The van der Waals surface area contributed by atoms with E-state index in [4.69, 9.17) is 9.47 Å². The van der Waals surface area contributed by atoms with Gasteiger partial charge in [-0.2, -0.15) is 0 Å². The molecule has 3 heteroatoms. The molecule has 0 saturated carbocycles. The molecular formula is C13H19NO2. The van der Waals surface area contributed by atoms with Crippen molar-refractivity contribution in [1.29, 1.82) is 0 Å². The van der Waals surface area contributed by atoms with Gasteiger partial charge in [-0.05, 0) is 32.4 Å². The number of anilines is 1. The zero-order valence-electron chi connectivity index (χ0n) is 10.2. The lowest BCUT2D eigenvalue weighted by Crippen LogP contribution is -2.31. The fourth-order valence-corrected chi connectivity index (χ4v) is 2.04. The zero-order chi connectivity index (χ0) is 11.5. The van der Waals surface area contributed by atoms with E-state index in [-0.39, 0.29) is 0 Å². The second kappa shape index (κ2) is 4.64. The highest BCUT2D eigenvalue weighted by atomic mass is 16.7. The lowest BCUT2D eigenvalue weighted by molar-refractivity contribution is 0.174. The predicted molar refractivity (Wildman–Crippen MR) is 65.3 cm³/mol. The number of hydrogen-bond acceptors (Lipinski definition) is 3. The Balaban J connectivity index is 2.34. The first-order valence-electron chi connectivity index (χ1n) is 5.89. The Morgan fingerprint density at radius 3 is 2.81 bits per heavy atom. The highest BCUT2D eigenvalue weighted by Crippen LogP contribution is 2.41. The molecule has 0 radical (unpaired) electrons. The Labute approximate surface area is 97.0 Å². The van der Waals surface area contributed by atoms with Crippen molar-refractivity contribution in [2.24, 2.45) is 0 Å². The van der Waals surface area contributed by atoms with E-state index in [2.05, 4.69) is 31.7 Å². The maximum Gasteiger partial charge on any atom is 0.231 e. The van der Waals surface area contributed by atoms with Gasteiger partial charge in [0.2, 0.25) is 6.79 Å². The van der Waals surface area contributed by atoms with Crippen molar-refractivity contribution in [2.45, 2.75) is 33.2 Å². The van der Waals surface area contributed by atoms with Gasteiger partial charge in [0, 0.05) is 12.6 Å². The van der Waals surface area contributed by atoms with Crippen molar-refractivity contribution < 1.29 is 9.47 Å². The monoisotopic (exact) mass is 221 g/mol. The van der Waals surface area contributed by atoms with Crippen molar-refractivity contribution in [2.75, 3.05) is 18.2 Å². The molecular weight excluding hydrogens is 202 g/mol. The molecule has 16 heavy (non-hydrogen) atoms. The maximum atomic E-state index is 5.54. The van der Waals surface area contributed by atoms with Crippen LogP contribution in [0.1, 0.15) is 27.2 Å². The number of para-hydroxylation sites is 1. The van der Waals surface area contributed by atoms with Crippen molar-refractivity contribution in [3.8, 4) is 11.5 Å². The first-order valence-corrected chi connectivity index (χ1v) is 5.89. The summed E-state index contributed by atoms with van der Waals surface area (Å²) < 4.78 is 10.9. The minimum Gasteiger partial charge on any atom is -0.454 e. The Bertz CT molecular complexity index is 363. The molecule has 1 aromatic rings. The standard InChI is InChI=1S/C13H19NO2/c1-4-8-14(10(2)3)11-6-5-7-12-13(11)16-9-15-12/h5-7,10H,4,8-9H2,1-3H3. The summed E-state index contributed by atoms with van der Waals surface area (Å²) in [6.45, 7) is 7.97. The molecule has 88 valence electrons. The van der Waals surface area contributed by atoms with Crippen molar-refractivity contribution >= 4 is 5.69 Å². The van der Waals surface area contributed by atoms with Crippen molar-refractivity contribution in [3.05, 3.63) is 18.2 Å². The van der Waals surface area contributed by atoms with Crippen LogP contribution in [0.25, 0.3) is 0 Å². The van der Waals surface area contributed by atoms with Crippen LogP contribution in [0.2, 0.25) is 0 Å². The van der Waals surface area contributed by atoms with Gasteiger partial charge < -0.3 is 14.4 Å². The molecule has 0 aliphatic carbocycles. The molecule has 0 saturated heterocycles. The second-order valence-corrected chi connectivity index (χ2v) is 4.30. The van der Waals surface area contributed by atoms with Crippen LogP contribution in [0.15, 0.2) is 18.2 Å². The van der Waals surface area contributed by atoms with E-state index in [9.17, 15) is 0 Å². The van der Waals surface area contributed by atoms with Gasteiger partial charge in [0.1, 0.15) is 0 Å². The van der Waals surface area contributed by atoms with Crippen LogP contribution in [-0.2, 0) is 0 Å². The summed E-state index contributed by atoms with van der Waals surface area (Å²) in [5.74, 6) is 1.75. The summed E-state index contributed by atoms with van der Waals surface area (Å²) >= 11 is 0. The van der Waals surface area contributed by atoms with Crippen LogP contribution in [-0.4, -0.2) is 19.4 Å². The largest absolute Gasteiger partial charge is 0.454 e. The zero-order valence-corrected chi connectivity index (χ0v) is 10.2. The minimum atomic E-state index is 0.338. The summed E-state index contributed by atoms with van der Waals surface area (Å²) in [7, 11) is 0. The number of fused-ring (bicyclic) bond motifs is 1. The fraction of sp³-hybridized carbons (Fsp3) is 0.538. The number of rotatable bonds is 4. The molecule has 2 rings (SSSR count). The predicted octanol–water partition coefficient (Wildman–Crippen LogP) is 3.04. The molecule has 0 fully saturated rings.